The van der Waals surface area contributed by atoms with Crippen LogP contribution in [0.2, 0.25) is 5.02 Å². The largest absolute Gasteiger partial charge is 0.486 e. The Labute approximate surface area is 151 Å². The highest BCUT2D eigenvalue weighted by molar-refractivity contribution is 6.32. The van der Waals surface area contributed by atoms with Crippen molar-refractivity contribution in [2.75, 3.05) is 19.8 Å². The Morgan fingerprint density at radius 3 is 2.76 bits per heavy atom. The zero-order valence-electron chi connectivity index (χ0n) is 14.2. The Kier molecular flexibility index (Phi) is 5.34. The Hall–Kier alpha value is -2.40. The number of rotatable bonds is 5. The highest BCUT2D eigenvalue weighted by Gasteiger charge is 2.16. The Morgan fingerprint density at radius 2 is 1.96 bits per heavy atom. The lowest BCUT2D eigenvalue weighted by Crippen LogP contribution is -2.28. The second-order valence-corrected chi connectivity index (χ2v) is 6.32. The fraction of sp³-hybridized carbons (Fsp3) is 0.316. The van der Waals surface area contributed by atoms with Crippen molar-refractivity contribution in [3.8, 4) is 17.2 Å². The van der Waals surface area contributed by atoms with E-state index in [0.29, 0.717) is 42.0 Å². The molecule has 6 heteroatoms. The third-order valence-electron chi connectivity index (χ3n) is 3.99. The van der Waals surface area contributed by atoms with E-state index in [-0.39, 0.29) is 12.5 Å². The van der Waals surface area contributed by atoms with Crippen LogP contribution >= 0.6 is 11.6 Å². The van der Waals surface area contributed by atoms with E-state index in [2.05, 4.69) is 5.32 Å². The number of hydrogen-bond acceptors (Lipinski definition) is 4. The van der Waals surface area contributed by atoms with Gasteiger partial charge in [-0.2, -0.15) is 0 Å². The SMILES string of the molecule is Cc1ccc(OCC(=O)NCc2cc(Cl)c3c(c2)OCCO3)cc1C. The van der Waals surface area contributed by atoms with Crippen LogP contribution in [0, 0.1) is 13.8 Å². The molecular weight excluding hydrogens is 342 g/mol. The number of carbonyl (C=O) groups is 1. The summed E-state index contributed by atoms with van der Waals surface area (Å²) < 4.78 is 16.5. The molecule has 0 unspecified atom stereocenters. The first-order valence-corrected chi connectivity index (χ1v) is 8.45. The molecule has 1 amide bonds. The zero-order valence-corrected chi connectivity index (χ0v) is 15.0. The number of nitrogens with one attached hydrogen (secondary N) is 1. The summed E-state index contributed by atoms with van der Waals surface area (Å²) in [5.74, 6) is 1.64. The Morgan fingerprint density at radius 1 is 1.16 bits per heavy atom. The molecule has 5 nitrogen and oxygen atoms in total. The van der Waals surface area contributed by atoms with E-state index in [1.807, 2.05) is 38.1 Å². The summed E-state index contributed by atoms with van der Waals surface area (Å²) >= 11 is 6.19. The lowest BCUT2D eigenvalue weighted by Gasteiger charge is -2.20. The van der Waals surface area contributed by atoms with Crippen LogP contribution in [0.3, 0.4) is 0 Å². The van der Waals surface area contributed by atoms with Gasteiger partial charge in [-0.05, 0) is 54.8 Å². The number of halogens is 1. The van der Waals surface area contributed by atoms with E-state index >= 15 is 0 Å². The second kappa shape index (κ2) is 7.66. The van der Waals surface area contributed by atoms with E-state index in [9.17, 15) is 4.79 Å². The predicted molar refractivity (Wildman–Crippen MR) is 95.7 cm³/mol. The highest BCUT2D eigenvalue weighted by atomic mass is 35.5. The number of benzene rings is 2. The standard InChI is InChI=1S/C19H20ClNO4/c1-12-3-4-15(7-13(12)2)25-11-18(22)21-10-14-8-16(20)19-17(9-14)23-5-6-24-19/h3-4,7-9H,5-6,10-11H2,1-2H3,(H,21,22). The monoisotopic (exact) mass is 361 g/mol. The summed E-state index contributed by atoms with van der Waals surface area (Å²) in [6.07, 6.45) is 0. The van der Waals surface area contributed by atoms with Crippen LogP contribution in [0.4, 0.5) is 0 Å². The van der Waals surface area contributed by atoms with Gasteiger partial charge >= 0.3 is 0 Å². The first-order valence-electron chi connectivity index (χ1n) is 8.07. The molecular formula is C19H20ClNO4. The molecule has 0 fully saturated rings. The van der Waals surface area contributed by atoms with E-state index in [1.54, 1.807) is 6.07 Å². The predicted octanol–water partition coefficient (Wildman–Crippen LogP) is 3.42. The first kappa shape index (κ1) is 17.4. The van der Waals surface area contributed by atoms with Crippen molar-refractivity contribution in [2.24, 2.45) is 0 Å². The third kappa shape index (κ3) is 4.37. The number of hydrogen-bond donors (Lipinski definition) is 1. The molecule has 25 heavy (non-hydrogen) atoms. The molecule has 2 aromatic carbocycles. The van der Waals surface area contributed by atoms with Crippen molar-refractivity contribution in [1.29, 1.82) is 0 Å². The van der Waals surface area contributed by atoms with Gasteiger partial charge in [0, 0.05) is 6.54 Å². The maximum absolute atomic E-state index is 12.0. The summed E-state index contributed by atoms with van der Waals surface area (Å²) in [7, 11) is 0. The fourth-order valence-electron chi connectivity index (χ4n) is 2.47. The first-order chi connectivity index (χ1) is 12.0. The summed E-state index contributed by atoms with van der Waals surface area (Å²) in [4.78, 5) is 12.0. The number of amides is 1. The van der Waals surface area contributed by atoms with Gasteiger partial charge in [0.2, 0.25) is 0 Å². The molecule has 1 aliphatic rings. The fourth-order valence-corrected chi connectivity index (χ4v) is 2.76. The van der Waals surface area contributed by atoms with Gasteiger partial charge in [-0.1, -0.05) is 17.7 Å². The van der Waals surface area contributed by atoms with Crippen LogP contribution in [0.1, 0.15) is 16.7 Å². The van der Waals surface area contributed by atoms with Gasteiger partial charge in [0.1, 0.15) is 19.0 Å². The van der Waals surface area contributed by atoms with E-state index < -0.39 is 0 Å². The van der Waals surface area contributed by atoms with Gasteiger partial charge in [-0.15, -0.1) is 0 Å². The summed E-state index contributed by atoms with van der Waals surface area (Å²) in [5, 5.41) is 3.29. The molecule has 1 N–H and O–H groups in total. The molecule has 0 saturated heterocycles. The third-order valence-corrected chi connectivity index (χ3v) is 4.28. The maximum Gasteiger partial charge on any atom is 0.258 e. The van der Waals surface area contributed by atoms with Crippen molar-refractivity contribution in [2.45, 2.75) is 20.4 Å². The summed E-state index contributed by atoms with van der Waals surface area (Å²) in [6, 6.07) is 9.34. The molecule has 1 heterocycles. The lowest BCUT2D eigenvalue weighted by molar-refractivity contribution is -0.123. The molecule has 0 radical (unpaired) electrons. The average Bonchev–Trinajstić information content (AvgIpc) is 2.61. The number of aryl methyl sites for hydroxylation is 2. The second-order valence-electron chi connectivity index (χ2n) is 5.91. The van der Waals surface area contributed by atoms with Gasteiger partial charge in [0.05, 0.1) is 5.02 Å². The zero-order chi connectivity index (χ0) is 17.8. The molecule has 0 saturated carbocycles. The normalized spacial score (nSPS) is 12.6. The number of ether oxygens (including phenoxy) is 3. The van der Waals surface area contributed by atoms with Gasteiger partial charge in [-0.25, -0.2) is 0 Å². The molecule has 1 aliphatic heterocycles. The average molecular weight is 362 g/mol. The molecule has 0 spiro atoms. The summed E-state index contributed by atoms with van der Waals surface area (Å²) in [6.45, 7) is 5.31. The minimum Gasteiger partial charge on any atom is -0.486 e. The lowest BCUT2D eigenvalue weighted by atomic mass is 10.1. The van der Waals surface area contributed by atoms with Gasteiger partial charge in [0.15, 0.2) is 18.1 Å². The molecule has 0 bridgehead atoms. The Balaban J connectivity index is 1.53. The maximum atomic E-state index is 12.0. The van der Waals surface area contributed by atoms with E-state index in [1.165, 1.54) is 5.56 Å². The Bertz CT molecular complexity index is 791. The van der Waals surface area contributed by atoms with Crippen LogP contribution in [0.25, 0.3) is 0 Å². The topological polar surface area (TPSA) is 56.8 Å². The van der Waals surface area contributed by atoms with Gasteiger partial charge in [0.25, 0.3) is 5.91 Å². The van der Waals surface area contributed by atoms with Crippen molar-refractivity contribution in [3.63, 3.8) is 0 Å². The van der Waals surface area contributed by atoms with Crippen LogP contribution in [0.5, 0.6) is 17.2 Å². The van der Waals surface area contributed by atoms with Crippen molar-refractivity contribution in [3.05, 3.63) is 52.0 Å². The minimum absolute atomic E-state index is 0.0409. The van der Waals surface area contributed by atoms with Crippen LogP contribution in [0.15, 0.2) is 30.3 Å². The molecule has 0 aliphatic carbocycles. The van der Waals surface area contributed by atoms with Crippen molar-refractivity contribution in [1.82, 2.24) is 5.32 Å². The number of carbonyl (C=O) groups excluding carboxylic acids is 1. The van der Waals surface area contributed by atoms with Gasteiger partial charge < -0.3 is 19.5 Å². The van der Waals surface area contributed by atoms with Crippen LogP contribution < -0.4 is 19.5 Å². The van der Waals surface area contributed by atoms with Crippen molar-refractivity contribution >= 4 is 17.5 Å². The highest BCUT2D eigenvalue weighted by Crippen LogP contribution is 2.38. The molecule has 3 rings (SSSR count). The molecule has 2 aromatic rings. The molecule has 0 atom stereocenters. The summed E-state index contributed by atoms with van der Waals surface area (Å²) in [5.41, 5.74) is 3.16. The van der Waals surface area contributed by atoms with E-state index in [0.717, 1.165) is 11.1 Å². The van der Waals surface area contributed by atoms with Gasteiger partial charge in [-0.3, -0.25) is 4.79 Å². The van der Waals surface area contributed by atoms with Crippen LogP contribution in [-0.2, 0) is 11.3 Å². The minimum atomic E-state index is -0.204. The van der Waals surface area contributed by atoms with Crippen LogP contribution in [-0.4, -0.2) is 25.7 Å². The van der Waals surface area contributed by atoms with E-state index in [4.69, 9.17) is 25.8 Å². The smallest absolute Gasteiger partial charge is 0.258 e. The van der Waals surface area contributed by atoms with Crippen molar-refractivity contribution < 1.29 is 19.0 Å². The molecule has 132 valence electrons. The quantitative estimate of drug-likeness (QED) is 0.886. The molecule has 0 aromatic heterocycles. The number of fused-ring (bicyclic) bond motifs is 1.